The number of benzene rings is 1. The number of ether oxygens (including phenoxy) is 1. The third-order valence-electron chi connectivity index (χ3n) is 4.80. The fourth-order valence-electron chi connectivity index (χ4n) is 3.53. The molecule has 1 saturated heterocycles. The molecule has 2 heterocycles. The normalized spacial score (nSPS) is 17.3. The van der Waals surface area contributed by atoms with Crippen molar-refractivity contribution in [1.82, 2.24) is 9.66 Å². The largest absolute Gasteiger partial charge is 0.416 e. The highest BCUT2D eigenvalue weighted by Gasteiger charge is 2.38. The zero-order valence-corrected chi connectivity index (χ0v) is 17.5. The van der Waals surface area contributed by atoms with E-state index in [1.165, 1.54) is 0 Å². The number of carbonyl (C=O) groups excluding carboxylic acids is 1. The van der Waals surface area contributed by atoms with Crippen LogP contribution in [-0.2, 0) is 25.7 Å². The number of hydrogen-bond acceptors (Lipinski definition) is 6. The minimum Gasteiger partial charge on any atom is -0.374 e. The van der Waals surface area contributed by atoms with Crippen molar-refractivity contribution < 1.29 is 31.1 Å². The first-order chi connectivity index (χ1) is 14.4. The topological polar surface area (TPSA) is 119 Å². The molecule has 1 unspecified atom stereocenters. The zero-order valence-electron chi connectivity index (χ0n) is 16.7. The number of aromatic amines is 1. The summed E-state index contributed by atoms with van der Waals surface area (Å²) in [5, 5.41) is -0.379. The van der Waals surface area contributed by atoms with E-state index in [0.29, 0.717) is 25.2 Å². The van der Waals surface area contributed by atoms with Gasteiger partial charge < -0.3 is 9.72 Å². The van der Waals surface area contributed by atoms with E-state index in [4.69, 9.17) is 4.74 Å². The summed E-state index contributed by atoms with van der Waals surface area (Å²) < 4.78 is 70.7. The Bertz CT molecular complexity index is 1240. The molecular weight excluding hydrogens is 443 g/mol. The molecule has 0 spiro atoms. The van der Waals surface area contributed by atoms with Crippen molar-refractivity contribution in [3.63, 3.8) is 0 Å². The number of fused-ring (bicyclic) bond motifs is 1. The van der Waals surface area contributed by atoms with Gasteiger partial charge in [-0.25, -0.2) is 13.2 Å². The Kier molecular flexibility index (Phi) is 6.02. The molecule has 170 valence electrons. The van der Waals surface area contributed by atoms with Crippen molar-refractivity contribution in [2.24, 2.45) is 0 Å². The summed E-state index contributed by atoms with van der Waals surface area (Å²) in [5.41, 5.74) is -4.38. The average molecular weight is 463 g/mol. The first-order valence-corrected chi connectivity index (χ1v) is 11.3. The fraction of sp³-hybridized carbons (Fsp3) is 0.500. The van der Waals surface area contributed by atoms with E-state index in [-0.39, 0.29) is 39.5 Å². The van der Waals surface area contributed by atoms with Crippen LogP contribution in [0.5, 0.6) is 0 Å². The predicted octanol–water partition coefficient (Wildman–Crippen LogP) is 1.78. The lowest BCUT2D eigenvalue weighted by atomic mass is 9.97. The molecule has 0 bridgehead atoms. The maximum absolute atomic E-state index is 13.6. The van der Waals surface area contributed by atoms with Crippen LogP contribution in [-0.4, -0.2) is 36.8 Å². The van der Waals surface area contributed by atoms with Crippen molar-refractivity contribution in [3.8, 4) is 0 Å². The van der Waals surface area contributed by atoms with Gasteiger partial charge in [0.25, 0.3) is 21.5 Å². The second-order valence-electron chi connectivity index (χ2n) is 7.18. The summed E-state index contributed by atoms with van der Waals surface area (Å²) in [4.78, 5) is 40.0. The maximum atomic E-state index is 13.6. The first kappa shape index (κ1) is 23.0. The molecule has 1 aliphatic rings. The molecular formula is C18H20F3N3O6S. The Morgan fingerprint density at radius 3 is 2.52 bits per heavy atom. The predicted molar refractivity (Wildman–Crippen MR) is 105 cm³/mol. The summed E-state index contributed by atoms with van der Waals surface area (Å²) in [6.45, 7) is 1.85. The number of amides is 1. The molecule has 1 amide bonds. The highest BCUT2D eigenvalue weighted by Crippen LogP contribution is 2.40. The lowest BCUT2D eigenvalue weighted by Gasteiger charge is -2.22. The molecule has 3 rings (SSSR count). The maximum Gasteiger partial charge on any atom is 0.416 e. The fourth-order valence-corrected chi connectivity index (χ4v) is 4.43. The molecule has 31 heavy (non-hydrogen) atoms. The molecule has 1 N–H and O–H groups in total. The van der Waals surface area contributed by atoms with Gasteiger partial charge in [-0.2, -0.15) is 13.2 Å². The molecule has 1 fully saturated rings. The highest BCUT2D eigenvalue weighted by molar-refractivity contribution is 7.92. The van der Waals surface area contributed by atoms with Gasteiger partial charge in [0.1, 0.15) is 0 Å². The summed E-state index contributed by atoms with van der Waals surface area (Å²) in [7, 11) is -4.39. The number of sulfonamides is 1. The van der Waals surface area contributed by atoms with Crippen LogP contribution in [0.15, 0.2) is 21.7 Å². The average Bonchev–Trinajstić information content (AvgIpc) is 3.17. The SMILES string of the molecule is CCCC(=O)N(n1c(=O)[nH]c2cc(C(F)(F)F)c(C3CCCO3)cc2c1=O)S(C)(=O)=O. The van der Waals surface area contributed by atoms with Gasteiger partial charge in [0.05, 0.1) is 28.8 Å². The standard InChI is InChI=1S/C18H20F3N3O6S/c1-3-5-15(25)24(31(2,28)29)23-16(26)11-8-10(14-6-4-7-30-14)12(18(19,20)21)9-13(11)22-17(23)27/h8-9,14H,3-7H2,1-2H3,(H,22,27). The van der Waals surface area contributed by atoms with Crippen LogP contribution in [0.4, 0.5) is 13.2 Å². The molecule has 1 aromatic carbocycles. The van der Waals surface area contributed by atoms with Crippen molar-refractivity contribution in [1.29, 1.82) is 0 Å². The summed E-state index contributed by atoms with van der Waals surface area (Å²) in [6, 6.07) is 1.56. The quantitative estimate of drug-likeness (QED) is 0.722. The van der Waals surface area contributed by atoms with Gasteiger partial charge >= 0.3 is 11.9 Å². The van der Waals surface area contributed by atoms with Gasteiger partial charge in [-0.05, 0) is 37.0 Å². The Balaban J connectivity index is 2.35. The van der Waals surface area contributed by atoms with Crippen LogP contribution >= 0.6 is 0 Å². The van der Waals surface area contributed by atoms with Crippen LogP contribution in [0.3, 0.4) is 0 Å². The van der Waals surface area contributed by atoms with E-state index in [2.05, 4.69) is 4.98 Å². The Morgan fingerprint density at radius 1 is 1.32 bits per heavy atom. The van der Waals surface area contributed by atoms with Gasteiger partial charge in [0.2, 0.25) is 0 Å². The second-order valence-corrected chi connectivity index (χ2v) is 8.99. The lowest BCUT2D eigenvalue weighted by molar-refractivity contribution is -0.139. The highest BCUT2D eigenvalue weighted by atomic mass is 32.2. The number of nitrogens with zero attached hydrogens (tertiary/aromatic N) is 2. The van der Waals surface area contributed by atoms with Gasteiger partial charge in [-0.1, -0.05) is 6.92 Å². The lowest BCUT2D eigenvalue weighted by Crippen LogP contribution is -2.55. The molecule has 2 aromatic rings. The van der Waals surface area contributed by atoms with E-state index in [1.807, 2.05) is 0 Å². The molecule has 0 saturated carbocycles. The molecule has 13 heteroatoms. The number of halogens is 3. The molecule has 1 atom stereocenters. The number of nitrogens with one attached hydrogen (secondary N) is 1. The Morgan fingerprint density at radius 2 is 2.00 bits per heavy atom. The molecule has 0 radical (unpaired) electrons. The van der Waals surface area contributed by atoms with Crippen molar-refractivity contribution in [2.75, 3.05) is 17.3 Å². The number of H-pyrrole nitrogens is 1. The van der Waals surface area contributed by atoms with E-state index < -0.39 is 50.5 Å². The van der Waals surface area contributed by atoms with E-state index in [0.717, 1.165) is 6.07 Å². The van der Waals surface area contributed by atoms with Gasteiger partial charge in [-0.3, -0.25) is 9.59 Å². The number of alkyl halides is 3. The minimum absolute atomic E-state index is 0.0422. The van der Waals surface area contributed by atoms with Crippen LogP contribution < -0.4 is 15.7 Å². The summed E-state index contributed by atoms with van der Waals surface area (Å²) >= 11 is 0. The van der Waals surface area contributed by atoms with Crippen molar-refractivity contribution in [3.05, 3.63) is 44.1 Å². The Labute approximate surface area is 174 Å². The van der Waals surface area contributed by atoms with Crippen LogP contribution in [0.1, 0.15) is 49.8 Å². The van der Waals surface area contributed by atoms with Crippen LogP contribution in [0.2, 0.25) is 0 Å². The van der Waals surface area contributed by atoms with Gasteiger partial charge in [-0.15, -0.1) is 9.09 Å². The van der Waals surface area contributed by atoms with Crippen molar-refractivity contribution in [2.45, 2.75) is 44.9 Å². The van der Waals surface area contributed by atoms with E-state index >= 15 is 0 Å². The third kappa shape index (κ3) is 4.37. The number of rotatable bonds is 5. The monoisotopic (exact) mass is 463 g/mol. The van der Waals surface area contributed by atoms with Gasteiger partial charge in [0, 0.05) is 13.0 Å². The molecule has 9 nitrogen and oxygen atoms in total. The van der Waals surface area contributed by atoms with Gasteiger partial charge in [0.15, 0.2) is 0 Å². The van der Waals surface area contributed by atoms with Crippen molar-refractivity contribution >= 4 is 26.8 Å². The summed E-state index contributed by atoms with van der Waals surface area (Å²) in [6.07, 6.45) is -4.25. The number of aromatic nitrogens is 2. The molecule has 1 aromatic heterocycles. The smallest absolute Gasteiger partial charge is 0.374 e. The van der Waals surface area contributed by atoms with Crippen LogP contribution in [0.25, 0.3) is 10.9 Å². The number of hydrogen-bond donors (Lipinski definition) is 1. The van der Waals surface area contributed by atoms with E-state index in [1.54, 1.807) is 6.92 Å². The summed E-state index contributed by atoms with van der Waals surface area (Å²) in [5.74, 6) is -1.02. The number of carbonyl (C=O) groups is 1. The molecule has 1 aliphatic heterocycles. The minimum atomic E-state index is -4.78. The zero-order chi connectivity index (χ0) is 23.1. The third-order valence-corrected chi connectivity index (χ3v) is 5.80. The van der Waals surface area contributed by atoms with Crippen LogP contribution in [0, 0.1) is 0 Å². The van der Waals surface area contributed by atoms with E-state index in [9.17, 15) is 36.0 Å². The second kappa shape index (κ2) is 8.11. The first-order valence-electron chi connectivity index (χ1n) is 9.41. The Hall–Kier alpha value is -2.67. The molecule has 0 aliphatic carbocycles.